The molecule has 0 aromatic heterocycles. The summed E-state index contributed by atoms with van der Waals surface area (Å²) in [5, 5.41) is 9.26. The predicted molar refractivity (Wildman–Crippen MR) is 78.7 cm³/mol. The Morgan fingerprint density at radius 2 is 2.05 bits per heavy atom. The van der Waals surface area contributed by atoms with Gasteiger partial charge in [0.1, 0.15) is 5.82 Å². The highest BCUT2D eigenvalue weighted by Crippen LogP contribution is 2.31. The summed E-state index contributed by atoms with van der Waals surface area (Å²) in [6, 6.07) is 2.27. The molecule has 0 bridgehead atoms. The van der Waals surface area contributed by atoms with Crippen LogP contribution >= 0.6 is 0 Å². The molecular formula is C14H21FN2O3S. The minimum absolute atomic E-state index is 0.0000505. The summed E-state index contributed by atoms with van der Waals surface area (Å²) >= 11 is 0. The quantitative estimate of drug-likeness (QED) is 0.716. The molecule has 5 nitrogen and oxygen atoms in total. The molecule has 0 spiro atoms. The number of aliphatic hydroxyl groups is 1. The Kier molecular flexibility index (Phi) is 4.85. The molecule has 7 heteroatoms. The number of hydrogen-bond donors (Lipinski definition) is 3. The molecule has 1 saturated carbocycles. The van der Waals surface area contributed by atoms with Crippen molar-refractivity contribution in [1.29, 1.82) is 0 Å². The van der Waals surface area contributed by atoms with Crippen LogP contribution in [0.4, 0.5) is 10.1 Å². The first kappa shape index (κ1) is 16.2. The molecule has 1 aromatic carbocycles. The van der Waals surface area contributed by atoms with Crippen LogP contribution in [0.25, 0.3) is 0 Å². The maximum Gasteiger partial charge on any atom is 0.240 e. The van der Waals surface area contributed by atoms with Crippen LogP contribution in [0, 0.1) is 24.6 Å². The lowest BCUT2D eigenvalue weighted by Crippen LogP contribution is -2.32. The molecule has 1 fully saturated rings. The third-order valence-corrected chi connectivity index (χ3v) is 5.74. The molecule has 2 unspecified atom stereocenters. The van der Waals surface area contributed by atoms with E-state index < -0.39 is 15.8 Å². The Labute approximate surface area is 124 Å². The second-order valence-electron chi connectivity index (χ2n) is 5.62. The van der Waals surface area contributed by atoms with Crippen molar-refractivity contribution in [2.24, 2.45) is 11.8 Å². The highest BCUT2D eigenvalue weighted by atomic mass is 32.2. The van der Waals surface area contributed by atoms with E-state index in [1.54, 1.807) is 0 Å². The van der Waals surface area contributed by atoms with Crippen LogP contribution in [0.1, 0.15) is 24.8 Å². The van der Waals surface area contributed by atoms with Gasteiger partial charge in [-0.2, -0.15) is 0 Å². The van der Waals surface area contributed by atoms with E-state index in [0.717, 1.165) is 31.4 Å². The van der Waals surface area contributed by atoms with Crippen LogP contribution < -0.4 is 10.5 Å². The lowest BCUT2D eigenvalue weighted by Gasteiger charge is -2.18. The molecule has 0 amide bonds. The van der Waals surface area contributed by atoms with Gasteiger partial charge in [0.15, 0.2) is 0 Å². The van der Waals surface area contributed by atoms with Gasteiger partial charge in [-0.3, -0.25) is 0 Å². The number of nitrogens with two attached hydrogens (primary N) is 1. The van der Waals surface area contributed by atoms with Crippen LogP contribution in [0.15, 0.2) is 17.0 Å². The first-order valence-electron chi connectivity index (χ1n) is 7.01. The van der Waals surface area contributed by atoms with Crippen molar-refractivity contribution in [1.82, 2.24) is 4.72 Å². The Morgan fingerprint density at radius 3 is 2.71 bits per heavy atom. The average Bonchev–Trinajstić information content (AvgIpc) is 2.88. The van der Waals surface area contributed by atoms with Gasteiger partial charge in [0, 0.05) is 13.2 Å². The number of hydrogen-bond acceptors (Lipinski definition) is 4. The number of rotatable bonds is 5. The second-order valence-corrected chi connectivity index (χ2v) is 7.36. The topological polar surface area (TPSA) is 92.4 Å². The van der Waals surface area contributed by atoms with Gasteiger partial charge in [0.05, 0.1) is 10.6 Å². The molecule has 1 aliphatic rings. The number of halogens is 1. The molecule has 0 aliphatic heterocycles. The molecular weight excluding hydrogens is 295 g/mol. The van der Waals surface area contributed by atoms with Gasteiger partial charge in [-0.15, -0.1) is 0 Å². The SMILES string of the molecule is Cc1cc(F)c(N)cc1S(=O)(=O)NCC1CCCC1CO. The number of anilines is 1. The van der Waals surface area contributed by atoms with E-state index in [4.69, 9.17) is 5.73 Å². The van der Waals surface area contributed by atoms with Gasteiger partial charge in [-0.05, 0) is 49.3 Å². The van der Waals surface area contributed by atoms with E-state index in [1.807, 2.05) is 0 Å². The standard InChI is InChI=1S/C14H21FN2O3S/c1-9-5-12(15)13(16)6-14(9)21(19,20)17-7-10-3-2-4-11(10)8-18/h5-6,10-11,17-18H,2-4,7-8,16H2,1H3. The monoisotopic (exact) mass is 316 g/mol. The number of nitrogen functional groups attached to an aromatic ring is 1. The summed E-state index contributed by atoms with van der Waals surface area (Å²) < 4.78 is 40.5. The van der Waals surface area contributed by atoms with Crippen molar-refractivity contribution < 1.29 is 17.9 Å². The molecule has 21 heavy (non-hydrogen) atoms. The fourth-order valence-corrected chi connectivity index (χ4v) is 4.23. The van der Waals surface area contributed by atoms with Crippen molar-refractivity contribution in [3.05, 3.63) is 23.5 Å². The van der Waals surface area contributed by atoms with E-state index in [9.17, 15) is 17.9 Å². The summed E-state index contributed by atoms with van der Waals surface area (Å²) in [6.45, 7) is 1.89. The van der Waals surface area contributed by atoms with E-state index >= 15 is 0 Å². The fourth-order valence-electron chi connectivity index (χ4n) is 2.88. The van der Waals surface area contributed by atoms with Gasteiger partial charge >= 0.3 is 0 Å². The Balaban J connectivity index is 2.14. The second kappa shape index (κ2) is 6.29. The first-order valence-corrected chi connectivity index (χ1v) is 8.49. The zero-order chi connectivity index (χ0) is 15.6. The molecule has 2 rings (SSSR count). The van der Waals surface area contributed by atoms with Gasteiger partial charge in [-0.25, -0.2) is 17.5 Å². The number of benzene rings is 1. The number of nitrogens with one attached hydrogen (secondary N) is 1. The molecule has 4 N–H and O–H groups in total. The lowest BCUT2D eigenvalue weighted by molar-refractivity contribution is 0.195. The maximum absolute atomic E-state index is 13.3. The normalized spacial score (nSPS) is 22.6. The maximum atomic E-state index is 13.3. The van der Waals surface area contributed by atoms with Gasteiger partial charge in [0.2, 0.25) is 10.0 Å². The van der Waals surface area contributed by atoms with Gasteiger partial charge in [0.25, 0.3) is 0 Å². The lowest BCUT2D eigenvalue weighted by atomic mass is 9.97. The van der Waals surface area contributed by atoms with E-state index in [-0.39, 0.29) is 35.6 Å². The first-order chi connectivity index (χ1) is 9.85. The van der Waals surface area contributed by atoms with Crippen molar-refractivity contribution in [3.63, 3.8) is 0 Å². The fraction of sp³-hybridized carbons (Fsp3) is 0.571. The predicted octanol–water partition coefficient (Wildman–Crippen LogP) is 1.40. The van der Waals surface area contributed by atoms with Gasteiger partial charge < -0.3 is 10.8 Å². The zero-order valence-electron chi connectivity index (χ0n) is 12.0. The van der Waals surface area contributed by atoms with Crippen molar-refractivity contribution in [2.45, 2.75) is 31.1 Å². The van der Waals surface area contributed by atoms with Crippen LogP contribution in [0.2, 0.25) is 0 Å². The van der Waals surface area contributed by atoms with Crippen molar-refractivity contribution >= 4 is 15.7 Å². The third kappa shape index (κ3) is 3.53. The summed E-state index contributed by atoms with van der Waals surface area (Å²) in [7, 11) is -3.73. The molecule has 1 aromatic rings. The number of sulfonamides is 1. The Morgan fingerprint density at radius 1 is 1.38 bits per heavy atom. The van der Waals surface area contributed by atoms with E-state index in [1.165, 1.54) is 6.92 Å². The van der Waals surface area contributed by atoms with Crippen molar-refractivity contribution in [2.75, 3.05) is 18.9 Å². The average molecular weight is 316 g/mol. The summed E-state index contributed by atoms with van der Waals surface area (Å²) in [6.07, 6.45) is 2.82. The Hall–Kier alpha value is -1.18. The minimum Gasteiger partial charge on any atom is -0.396 e. The molecule has 0 heterocycles. The van der Waals surface area contributed by atoms with Crippen LogP contribution in [0.5, 0.6) is 0 Å². The summed E-state index contributed by atoms with van der Waals surface area (Å²) in [5.41, 5.74) is 5.58. The molecule has 118 valence electrons. The van der Waals surface area contributed by atoms with Crippen LogP contribution in [0.3, 0.4) is 0 Å². The summed E-state index contributed by atoms with van der Waals surface area (Å²) in [5.74, 6) is -0.336. The van der Waals surface area contributed by atoms with Gasteiger partial charge in [-0.1, -0.05) is 6.42 Å². The molecule has 2 atom stereocenters. The third-order valence-electron chi connectivity index (χ3n) is 4.17. The largest absolute Gasteiger partial charge is 0.396 e. The zero-order valence-corrected chi connectivity index (χ0v) is 12.8. The summed E-state index contributed by atoms with van der Waals surface area (Å²) in [4.78, 5) is -0.0000505. The number of aliphatic hydroxyl groups excluding tert-OH is 1. The van der Waals surface area contributed by atoms with Crippen molar-refractivity contribution in [3.8, 4) is 0 Å². The minimum atomic E-state index is -3.73. The van der Waals surface area contributed by atoms with Crippen LogP contribution in [-0.2, 0) is 10.0 Å². The molecule has 0 radical (unpaired) electrons. The smallest absolute Gasteiger partial charge is 0.240 e. The highest BCUT2D eigenvalue weighted by molar-refractivity contribution is 7.89. The Bertz CT molecular complexity index is 619. The molecule has 0 saturated heterocycles. The van der Waals surface area contributed by atoms with E-state index in [2.05, 4.69) is 4.72 Å². The molecule has 1 aliphatic carbocycles. The number of aryl methyl sites for hydroxylation is 1. The van der Waals surface area contributed by atoms with Crippen LogP contribution in [-0.4, -0.2) is 26.7 Å². The highest BCUT2D eigenvalue weighted by Gasteiger charge is 2.28. The van der Waals surface area contributed by atoms with E-state index in [0.29, 0.717) is 5.56 Å².